The van der Waals surface area contributed by atoms with Gasteiger partial charge in [0.15, 0.2) is 0 Å². The topological polar surface area (TPSA) is 57.0 Å². The second-order valence-corrected chi connectivity index (χ2v) is 5.31. The molecule has 3 heterocycles. The summed E-state index contributed by atoms with van der Waals surface area (Å²) < 4.78 is 0. The Hall–Kier alpha value is -2.67. The number of pyridine rings is 1. The van der Waals surface area contributed by atoms with Crippen LogP contribution in [0.1, 0.15) is 34.5 Å². The number of hydrogen-bond donors (Lipinski definition) is 0. The van der Waals surface area contributed by atoms with E-state index in [0.717, 1.165) is 16.8 Å². The van der Waals surface area contributed by atoms with Gasteiger partial charge in [-0.3, -0.25) is 14.7 Å². The Labute approximate surface area is 116 Å². The normalized spacial score (nSPS) is 25.9. The van der Waals surface area contributed by atoms with Crippen LogP contribution in [0.15, 0.2) is 42.6 Å². The summed E-state index contributed by atoms with van der Waals surface area (Å²) in [6, 6.07) is 13.7. The molecule has 0 saturated heterocycles. The molecular weight excluding hydrogens is 250 g/mol. The number of benzene rings is 1. The van der Waals surface area contributed by atoms with Crippen molar-refractivity contribution in [2.24, 2.45) is 0 Å². The maximum atomic E-state index is 12.7. The summed E-state index contributed by atoms with van der Waals surface area (Å²) in [7, 11) is 0. The number of hydrogen-bond acceptors (Lipinski definition) is 3. The van der Waals surface area contributed by atoms with Gasteiger partial charge < -0.3 is 0 Å². The van der Waals surface area contributed by atoms with Crippen LogP contribution in [-0.2, 0) is 5.54 Å². The number of nitrogens with zero attached hydrogens (tertiary/aromatic N) is 3. The molecular formula is C16H11N3O. The number of aromatic nitrogens is 1. The molecule has 0 unspecified atom stereocenters. The third kappa shape index (κ3) is 1.03. The lowest BCUT2D eigenvalue weighted by atomic mass is 9.80. The van der Waals surface area contributed by atoms with Crippen LogP contribution in [0.5, 0.6) is 0 Å². The van der Waals surface area contributed by atoms with Crippen molar-refractivity contribution >= 4 is 11.6 Å². The standard InChI is InChI=1S/C16H11N3O/c1-16-11-6-4-8-18-14(11)15(20)19(16)13-7-3-2-5-10(13)12(16)9-17/h2-8,12H,1H3/t12-,16-/m0/s1. The fourth-order valence-corrected chi connectivity index (χ4v) is 3.50. The summed E-state index contributed by atoms with van der Waals surface area (Å²) in [5, 5.41) is 9.63. The zero-order chi connectivity index (χ0) is 13.9. The summed E-state index contributed by atoms with van der Waals surface area (Å²) in [4.78, 5) is 18.6. The molecule has 2 aliphatic rings. The van der Waals surface area contributed by atoms with Crippen LogP contribution in [-0.4, -0.2) is 10.9 Å². The first-order valence-corrected chi connectivity index (χ1v) is 6.48. The minimum absolute atomic E-state index is 0.117. The van der Waals surface area contributed by atoms with Crippen LogP contribution in [0.3, 0.4) is 0 Å². The number of para-hydroxylation sites is 1. The van der Waals surface area contributed by atoms with Gasteiger partial charge in [0.05, 0.1) is 11.6 Å². The van der Waals surface area contributed by atoms with Crippen molar-refractivity contribution in [3.63, 3.8) is 0 Å². The second kappa shape index (κ2) is 3.45. The molecule has 2 atom stereocenters. The maximum absolute atomic E-state index is 12.7. The fraction of sp³-hybridized carbons (Fsp3) is 0.188. The van der Waals surface area contributed by atoms with Gasteiger partial charge in [0.1, 0.15) is 11.6 Å². The SMILES string of the molecule is C[C@@]12c3cccnc3C(=O)N1c1ccccc1[C@@H]2C#N. The molecule has 1 amide bonds. The Kier molecular flexibility index (Phi) is 1.93. The smallest absolute Gasteiger partial charge is 0.278 e. The first kappa shape index (κ1) is 11.2. The molecule has 0 spiro atoms. The minimum Gasteiger partial charge on any atom is -0.295 e. The molecule has 2 aromatic rings. The number of carbonyl (C=O) groups excluding carboxylic acids is 1. The van der Waals surface area contributed by atoms with Crippen LogP contribution in [0, 0.1) is 11.3 Å². The summed E-state index contributed by atoms with van der Waals surface area (Å²) in [5.41, 5.74) is 2.39. The summed E-state index contributed by atoms with van der Waals surface area (Å²) in [5.74, 6) is -0.485. The first-order valence-electron chi connectivity index (χ1n) is 6.48. The Bertz CT molecular complexity index is 792. The molecule has 0 saturated carbocycles. The van der Waals surface area contributed by atoms with Crippen molar-refractivity contribution in [2.45, 2.75) is 18.4 Å². The van der Waals surface area contributed by atoms with Crippen molar-refractivity contribution in [3.8, 4) is 6.07 Å². The third-order valence-electron chi connectivity index (χ3n) is 4.40. The molecule has 4 nitrogen and oxygen atoms in total. The molecule has 0 N–H and O–H groups in total. The average molecular weight is 261 g/mol. The molecule has 20 heavy (non-hydrogen) atoms. The molecule has 96 valence electrons. The van der Waals surface area contributed by atoms with E-state index in [0.29, 0.717) is 5.69 Å². The van der Waals surface area contributed by atoms with Crippen molar-refractivity contribution in [2.75, 3.05) is 4.90 Å². The van der Waals surface area contributed by atoms with Crippen LogP contribution >= 0.6 is 0 Å². The fourth-order valence-electron chi connectivity index (χ4n) is 3.50. The molecule has 0 bridgehead atoms. The third-order valence-corrected chi connectivity index (χ3v) is 4.40. The molecule has 1 aromatic heterocycles. The van der Waals surface area contributed by atoms with Crippen molar-refractivity contribution < 1.29 is 4.79 Å². The lowest BCUT2D eigenvalue weighted by molar-refractivity contribution is 0.0978. The number of fused-ring (bicyclic) bond motifs is 5. The number of amides is 1. The van der Waals surface area contributed by atoms with Gasteiger partial charge in [-0.05, 0) is 24.6 Å². The van der Waals surface area contributed by atoms with Crippen molar-refractivity contribution in [3.05, 3.63) is 59.4 Å². The summed E-state index contributed by atoms with van der Waals surface area (Å²) >= 11 is 0. The van der Waals surface area contributed by atoms with Gasteiger partial charge >= 0.3 is 0 Å². The number of rotatable bonds is 0. The average Bonchev–Trinajstić information content (AvgIpc) is 2.87. The zero-order valence-electron chi connectivity index (χ0n) is 10.9. The first-order chi connectivity index (χ1) is 9.69. The number of anilines is 1. The van der Waals surface area contributed by atoms with Crippen LogP contribution in [0.2, 0.25) is 0 Å². The second-order valence-electron chi connectivity index (χ2n) is 5.31. The van der Waals surface area contributed by atoms with E-state index in [1.165, 1.54) is 0 Å². The van der Waals surface area contributed by atoms with Gasteiger partial charge in [-0.15, -0.1) is 0 Å². The Morgan fingerprint density at radius 1 is 1.30 bits per heavy atom. The minimum atomic E-state index is -0.654. The zero-order valence-corrected chi connectivity index (χ0v) is 10.9. The summed E-state index contributed by atoms with van der Waals surface area (Å²) in [6.45, 7) is 1.95. The number of nitriles is 1. The van der Waals surface area contributed by atoms with E-state index in [-0.39, 0.29) is 11.8 Å². The van der Waals surface area contributed by atoms with Crippen LogP contribution < -0.4 is 4.90 Å². The lowest BCUT2D eigenvalue weighted by Gasteiger charge is -2.31. The number of carbonyl (C=O) groups is 1. The molecule has 1 aromatic carbocycles. The highest BCUT2D eigenvalue weighted by molar-refractivity contribution is 6.12. The van der Waals surface area contributed by atoms with E-state index in [1.54, 1.807) is 11.1 Å². The van der Waals surface area contributed by atoms with Crippen molar-refractivity contribution in [1.29, 1.82) is 5.26 Å². The van der Waals surface area contributed by atoms with E-state index in [1.807, 2.05) is 43.3 Å². The highest BCUT2D eigenvalue weighted by Gasteiger charge is 2.58. The quantitative estimate of drug-likeness (QED) is 0.732. The Balaban J connectivity index is 2.08. The van der Waals surface area contributed by atoms with E-state index in [2.05, 4.69) is 11.1 Å². The van der Waals surface area contributed by atoms with Gasteiger partial charge in [-0.2, -0.15) is 5.26 Å². The lowest BCUT2D eigenvalue weighted by Crippen LogP contribution is -2.40. The van der Waals surface area contributed by atoms with Gasteiger partial charge in [-0.25, -0.2) is 0 Å². The molecule has 0 radical (unpaired) electrons. The van der Waals surface area contributed by atoms with Gasteiger partial charge in [-0.1, -0.05) is 24.3 Å². The molecule has 4 rings (SSSR count). The molecule has 4 heteroatoms. The predicted molar refractivity (Wildman–Crippen MR) is 73.2 cm³/mol. The van der Waals surface area contributed by atoms with E-state index >= 15 is 0 Å². The van der Waals surface area contributed by atoms with Crippen molar-refractivity contribution in [1.82, 2.24) is 4.98 Å². The molecule has 0 fully saturated rings. The van der Waals surface area contributed by atoms with Gasteiger partial charge in [0, 0.05) is 17.4 Å². The monoisotopic (exact) mass is 261 g/mol. The van der Waals surface area contributed by atoms with E-state index in [9.17, 15) is 10.1 Å². The summed E-state index contributed by atoms with van der Waals surface area (Å²) in [6.07, 6.45) is 1.62. The van der Waals surface area contributed by atoms with Crippen LogP contribution in [0.25, 0.3) is 0 Å². The molecule has 0 aliphatic carbocycles. The Morgan fingerprint density at radius 3 is 2.90 bits per heavy atom. The van der Waals surface area contributed by atoms with Gasteiger partial charge in [0.25, 0.3) is 5.91 Å². The predicted octanol–water partition coefficient (Wildman–Crippen LogP) is 2.58. The Morgan fingerprint density at radius 2 is 2.10 bits per heavy atom. The highest BCUT2D eigenvalue weighted by Crippen LogP contribution is 2.56. The van der Waals surface area contributed by atoms with Crippen LogP contribution in [0.4, 0.5) is 5.69 Å². The largest absolute Gasteiger partial charge is 0.295 e. The van der Waals surface area contributed by atoms with E-state index < -0.39 is 5.54 Å². The van der Waals surface area contributed by atoms with Gasteiger partial charge in [0.2, 0.25) is 0 Å². The maximum Gasteiger partial charge on any atom is 0.278 e. The van der Waals surface area contributed by atoms with E-state index in [4.69, 9.17) is 0 Å². The highest BCUT2D eigenvalue weighted by atomic mass is 16.2. The molecule has 2 aliphatic heterocycles.